The second-order valence-corrected chi connectivity index (χ2v) is 6.70. The maximum absolute atomic E-state index is 12.4. The monoisotopic (exact) mass is 354 g/mol. The predicted molar refractivity (Wildman–Crippen MR) is 101 cm³/mol. The molecule has 2 aromatic carbocycles. The number of anilines is 1. The van der Waals surface area contributed by atoms with Crippen LogP contribution in [-0.2, 0) is 0 Å². The molecule has 0 aliphatic heterocycles. The van der Waals surface area contributed by atoms with Crippen LogP contribution in [0.15, 0.2) is 40.8 Å². The van der Waals surface area contributed by atoms with Crippen molar-refractivity contribution in [2.75, 3.05) is 12.4 Å². The molecule has 1 aliphatic rings. The Kier molecular flexibility index (Phi) is 4.42. The van der Waals surface area contributed by atoms with E-state index < -0.39 is 6.10 Å². The summed E-state index contributed by atoms with van der Waals surface area (Å²) in [5.74, 6) is 0.559. The van der Waals surface area contributed by atoms with Crippen molar-refractivity contribution >= 4 is 33.7 Å². The van der Waals surface area contributed by atoms with Gasteiger partial charge in [0.05, 0.1) is 24.9 Å². The highest BCUT2D eigenvalue weighted by atomic mass is 16.5. The van der Waals surface area contributed by atoms with Crippen LogP contribution in [0.5, 0.6) is 5.75 Å². The molecule has 2 atom stereocenters. The quantitative estimate of drug-likeness (QED) is 0.663. The molecule has 1 saturated carbocycles. The summed E-state index contributed by atoms with van der Waals surface area (Å²) in [6.07, 6.45) is 3.02. The van der Waals surface area contributed by atoms with E-state index in [-0.39, 0.29) is 12.1 Å². The van der Waals surface area contributed by atoms with Crippen LogP contribution < -0.4 is 15.4 Å². The van der Waals surface area contributed by atoms with E-state index >= 15 is 0 Å². The Balaban J connectivity index is 1.60. The van der Waals surface area contributed by atoms with Gasteiger partial charge in [0, 0.05) is 16.8 Å². The number of hydrogen-bond acceptors (Lipinski definition) is 4. The molecule has 0 bridgehead atoms. The van der Waals surface area contributed by atoms with Crippen LogP contribution in [0.2, 0.25) is 0 Å². The molecular formula is C20H22N2O4. The zero-order chi connectivity index (χ0) is 18.1. The summed E-state index contributed by atoms with van der Waals surface area (Å²) in [6, 6.07) is 10.8. The van der Waals surface area contributed by atoms with Crippen LogP contribution in [0.4, 0.5) is 10.5 Å². The molecule has 6 heteroatoms. The van der Waals surface area contributed by atoms with Crippen LogP contribution in [0.25, 0.3) is 21.9 Å². The lowest BCUT2D eigenvalue weighted by atomic mass is 9.93. The second kappa shape index (κ2) is 6.88. The number of aliphatic hydroxyl groups excluding tert-OH is 1. The maximum atomic E-state index is 12.4. The third-order valence-electron chi connectivity index (χ3n) is 4.99. The number of urea groups is 1. The Labute approximate surface area is 151 Å². The van der Waals surface area contributed by atoms with Gasteiger partial charge >= 0.3 is 6.03 Å². The molecule has 1 aromatic heterocycles. The summed E-state index contributed by atoms with van der Waals surface area (Å²) in [7, 11) is 1.57. The lowest BCUT2D eigenvalue weighted by Crippen LogP contribution is -2.46. The van der Waals surface area contributed by atoms with Gasteiger partial charge in [-0.15, -0.1) is 0 Å². The Morgan fingerprint density at radius 2 is 1.96 bits per heavy atom. The minimum atomic E-state index is -0.491. The van der Waals surface area contributed by atoms with Crippen molar-refractivity contribution in [3.8, 4) is 5.75 Å². The van der Waals surface area contributed by atoms with Gasteiger partial charge in [-0.1, -0.05) is 31.0 Å². The predicted octanol–water partition coefficient (Wildman–Crippen LogP) is 4.02. The fourth-order valence-electron chi connectivity index (χ4n) is 3.62. The van der Waals surface area contributed by atoms with Gasteiger partial charge < -0.3 is 24.9 Å². The van der Waals surface area contributed by atoms with Gasteiger partial charge in [-0.2, -0.15) is 0 Å². The first-order valence-corrected chi connectivity index (χ1v) is 8.90. The van der Waals surface area contributed by atoms with E-state index in [4.69, 9.17) is 9.15 Å². The first-order valence-electron chi connectivity index (χ1n) is 8.90. The summed E-state index contributed by atoms with van der Waals surface area (Å²) >= 11 is 0. The van der Waals surface area contributed by atoms with Gasteiger partial charge in [-0.25, -0.2) is 4.79 Å². The van der Waals surface area contributed by atoms with Crippen LogP contribution in [0.1, 0.15) is 25.7 Å². The van der Waals surface area contributed by atoms with Gasteiger partial charge in [0.2, 0.25) is 0 Å². The van der Waals surface area contributed by atoms with E-state index in [0.717, 1.165) is 42.0 Å². The minimum absolute atomic E-state index is 0.218. The average Bonchev–Trinajstić information content (AvgIpc) is 3.00. The standard InChI is InChI=1S/C20H22N2O4/c1-25-19-10-13-12-6-2-5-9-17(12)26-18(13)11-15(19)22-20(24)21-14-7-3-4-8-16(14)23/h2,5-6,9-11,14,16,23H,3-4,7-8H2,1H3,(H2,21,22,24). The number of aliphatic hydroxyl groups is 1. The van der Waals surface area contributed by atoms with Crippen molar-refractivity contribution in [1.29, 1.82) is 0 Å². The van der Waals surface area contributed by atoms with Crippen molar-refractivity contribution in [3.63, 3.8) is 0 Å². The molecule has 2 amide bonds. The molecule has 0 saturated heterocycles. The van der Waals surface area contributed by atoms with Crippen LogP contribution >= 0.6 is 0 Å². The van der Waals surface area contributed by atoms with E-state index in [1.165, 1.54) is 0 Å². The molecular weight excluding hydrogens is 332 g/mol. The van der Waals surface area contributed by atoms with Gasteiger partial charge in [-0.05, 0) is 25.0 Å². The van der Waals surface area contributed by atoms with Crippen molar-refractivity contribution in [3.05, 3.63) is 36.4 Å². The zero-order valence-corrected chi connectivity index (χ0v) is 14.6. The molecule has 4 rings (SSSR count). The maximum Gasteiger partial charge on any atom is 0.319 e. The third-order valence-corrected chi connectivity index (χ3v) is 4.99. The third kappa shape index (κ3) is 3.08. The summed E-state index contributed by atoms with van der Waals surface area (Å²) in [6.45, 7) is 0. The number of rotatable bonds is 3. The molecule has 1 aliphatic carbocycles. The molecule has 1 fully saturated rings. The molecule has 6 nitrogen and oxygen atoms in total. The van der Waals surface area contributed by atoms with Crippen molar-refractivity contribution in [2.45, 2.75) is 37.8 Å². The second-order valence-electron chi connectivity index (χ2n) is 6.70. The van der Waals surface area contributed by atoms with E-state index in [2.05, 4.69) is 10.6 Å². The molecule has 2 unspecified atom stereocenters. The minimum Gasteiger partial charge on any atom is -0.495 e. The first-order chi connectivity index (χ1) is 12.7. The summed E-state index contributed by atoms with van der Waals surface area (Å²) < 4.78 is 11.3. The number of carbonyl (C=O) groups excluding carboxylic acids is 1. The highest BCUT2D eigenvalue weighted by molar-refractivity contribution is 6.07. The summed E-state index contributed by atoms with van der Waals surface area (Å²) in [5, 5.41) is 17.6. The first kappa shape index (κ1) is 16.7. The molecule has 3 N–H and O–H groups in total. The number of carbonyl (C=O) groups is 1. The smallest absolute Gasteiger partial charge is 0.319 e. The van der Waals surface area contributed by atoms with Crippen molar-refractivity contribution < 1.29 is 19.1 Å². The van der Waals surface area contributed by atoms with Crippen LogP contribution in [0, 0.1) is 0 Å². The Bertz CT molecular complexity index is 950. The van der Waals surface area contributed by atoms with Crippen LogP contribution in [-0.4, -0.2) is 30.4 Å². The average molecular weight is 354 g/mol. The van der Waals surface area contributed by atoms with Gasteiger partial charge in [-0.3, -0.25) is 0 Å². The Morgan fingerprint density at radius 3 is 2.77 bits per heavy atom. The van der Waals surface area contributed by atoms with E-state index in [0.29, 0.717) is 17.0 Å². The Morgan fingerprint density at radius 1 is 1.15 bits per heavy atom. The van der Waals surface area contributed by atoms with Gasteiger partial charge in [0.1, 0.15) is 16.9 Å². The Hall–Kier alpha value is -2.73. The number of ether oxygens (including phenoxy) is 1. The summed E-state index contributed by atoms with van der Waals surface area (Å²) in [4.78, 5) is 12.4. The molecule has 3 aromatic rings. The SMILES string of the molecule is COc1cc2c(cc1NC(=O)NC1CCCCC1O)oc1ccccc12. The van der Waals surface area contributed by atoms with Gasteiger partial charge in [0.15, 0.2) is 0 Å². The van der Waals surface area contributed by atoms with Crippen LogP contribution in [0.3, 0.4) is 0 Å². The van der Waals surface area contributed by atoms with Gasteiger partial charge in [0.25, 0.3) is 0 Å². The number of amides is 2. The fourth-order valence-corrected chi connectivity index (χ4v) is 3.62. The molecule has 0 radical (unpaired) electrons. The van der Waals surface area contributed by atoms with Crippen molar-refractivity contribution in [1.82, 2.24) is 5.32 Å². The number of hydrogen-bond donors (Lipinski definition) is 3. The molecule has 26 heavy (non-hydrogen) atoms. The molecule has 0 spiro atoms. The number of fused-ring (bicyclic) bond motifs is 3. The van der Waals surface area contributed by atoms with E-state index in [1.807, 2.05) is 30.3 Å². The number of furan rings is 1. The highest BCUT2D eigenvalue weighted by Crippen LogP contribution is 2.36. The normalized spacial score (nSPS) is 20.2. The number of benzene rings is 2. The zero-order valence-electron chi connectivity index (χ0n) is 14.6. The fraction of sp³-hybridized carbons (Fsp3) is 0.350. The lowest BCUT2D eigenvalue weighted by molar-refractivity contribution is 0.0955. The number of nitrogens with one attached hydrogen (secondary N) is 2. The number of methoxy groups -OCH3 is 1. The molecule has 1 heterocycles. The summed E-state index contributed by atoms with van der Waals surface area (Å²) in [5.41, 5.74) is 2.00. The molecule has 136 valence electrons. The largest absolute Gasteiger partial charge is 0.495 e. The number of para-hydroxylation sites is 1. The van der Waals surface area contributed by atoms with E-state index in [9.17, 15) is 9.90 Å². The topological polar surface area (TPSA) is 83.7 Å². The van der Waals surface area contributed by atoms with E-state index in [1.54, 1.807) is 13.2 Å². The highest BCUT2D eigenvalue weighted by Gasteiger charge is 2.25. The lowest BCUT2D eigenvalue weighted by Gasteiger charge is -2.28. The van der Waals surface area contributed by atoms with Crippen molar-refractivity contribution in [2.24, 2.45) is 0 Å².